The third-order valence-corrected chi connectivity index (χ3v) is 13.6. The van der Waals surface area contributed by atoms with Crippen molar-refractivity contribution in [1.82, 2.24) is 52.5 Å². The number of hydrogen-bond donors (Lipinski definition) is 14. The van der Waals surface area contributed by atoms with Crippen molar-refractivity contribution in [2.75, 3.05) is 18.1 Å². The number of aliphatic carboxylic acids is 1. The van der Waals surface area contributed by atoms with E-state index in [1.54, 1.807) is 18.2 Å². The number of aromatic nitrogens is 2. The van der Waals surface area contributed by atoms with Crippen LogP contribution in [0.25, 0.3) is 21.5 Å². The van der Waals surface area contributed by atoms with Gasteiger partial charge in [0.05, 0.1) is 6.33 Å². The quantitative estimate of drug-likeness (QED) is 0.0127. The van der Waals surface area contributed by atoms with Gasteiger partial charge in [-0.05, 0) is 58.9 Å². The van der Waals surface area contributed by atoms with E-state index in [1.807, 2.05) is 73.7 Å². The van der Waals surface area contributed by atoms with Gasteiger partial charge >= 0.3 is 5.97 Å². The molecule has 0 aliphatic rings. The summed E-state index contributed by atoms with van der Waals surface area (Å²) >= 11 is 8.35. The van der Waals surface area contributed by atoms with Gasteiger partial charge in [0, 0.05) is 56.1 Å². The van der Waals surface area contributed by atoms with Crippen LogP contribution in [-0.2, 0) is 62.4 Å². The molecular weight excluding hydrogens is 1070 g/mol. The van der Waals surface area contributed by atoms with Gasteiger partial charge in [-0.15, -0.1) is 0 Å². The van der Waals surface area contributed by atoms with E-state index >= 15 is 0 Å². The Morgan fingerprint density at radius 2 is 1.11 bits per heavy atom. The number of thiol groups is 2. The molecule has 0 unspecified atom stereocenters. The van der Waals surface area contributed by atoms with Crippen LogP contribution in [0.3, 0.4) is 0 Å². The topological polar surface area (TPSA) is 363 Å². The van der Waals surface area contributed by atoms with Crippen LogP contribution in [0.2, 0.25) is 0 Å². The van der Waals surface area contributed by atoms with Crippen molar-refractivity contribution in [3.8, 4) is 0 Å². The Bertz CT molecular complexity index is 2990. The fourth-order valence-corrected chi connectivity index (χ4v) is 9.15. The molecule has 1 heterocycles. The number of guanidine groups is 1. The van der Waals surface area contributed by atoms with Crippen molar-refractivity contribution >= 4 is 106 Å². The van der Waals surface area contributed by atoms with Crippen molar-refractivity contribution in [2.24, 2.45) is 16.5 Å². The summed E-state index contributed by atoms with van der Waals surface area (Å²) in [5.74, 6) is -7.97. The number of carboxylic acids is 1. The summed E-state index contributed by atoms with van der Waals surface area (Å²) in [5.41, 5.74) is 12.9. The van der Waals surface area contributed by atoms with Gasteiger partial charge in [-0.3, -0.25) is 43.3 Å². The highest BCUT2D eigenvalue weighted by molar-refractivity contribution is 7.80. The fraction of sp³-hybridized carbons (Fsp3) is 0.400. The predicted octanol–water partition coefficient (Wildman–Crippen LogP) is 0.850. The molecule has 8 amide bonds. The third-order valence-electron chi connectivity index (χ3n) is 12.9. The number of benzene rings is 4. The number of unbranched alkanes of at least 4 members (excludes halogenated alkanes) is 1. The van der Waals surface area contributed by atoms with Crippen LogP contribution >= 0.6 is 25.3 Å². The smallest absolute Gasteiger partial charge is 0.327 e. The van der Waals surface area contributed by atoms with Gasteiger partial charge in [0.25, 0.3) is 0 Å². The second kappa shape index (κ2) is 31.4. The average Bonchev–Trinajstić information content (AvgIpc) is 3.98. The van der Waals surface area contributed by atoms with Crippen molar-refractivity contribution in [3.05, 3.63) is 114 Å². The minimum absolute atomic E-state index is 0.0390. The number of carboxylic acid groups (broad SMARTS) is 1. The number of nitrogens with one attached hydrogen (secondary N) is 9. The normalized spacial score (nSPS) is 14.1. The number of nitrogens with two attached hydrogens (primary N) is 2. The molecule has 0 aliphatic heterocycles. The van der Waals surface area contributed by atoms with Crippen LogP contribution in [0.15, 0.2) is 102 Å². The molecule has 25 heteroatoms. The summed E-state index contributed by atoms with van der Waals surface area (Å²) in [6, 6.07) is 15.3. The molecule has 0 radical (unpaired) electrons. The molecule has 14 N–H and O–H groups in total. The van der Waals surface area contributed by atoms with E-state index < -0.39 is 102 Å². The maximum absolute atomic E-state index is 14.9. The lowest BCUT2D eigenvalue weighted by atomic mass is 9.97. The van der Waals surface area contributed by atoms with Gasteiger partial charge in [-0.2, -0.15) is 25.3 Å². The summed E-state index contributed by atoms with van der Waals surface area (Å²) in [5, 5.41) is 34.3. The average molecular weight is 1140 g/mol. The highest BCUT2D eigenvalue weighted by Crippen LogP contribution is 2.21. The third kappa shape index (κ3) is 19.3. The number of aliphatic imine (C=N–C) groups is 1. The molecule has 8 atom stereocenters. The first kappa shape index (κ1) is 62.7. The van der Waals surface area contributed by atoms with E-state index in [2.05, 4.69) is 82.8 Å². The number of H-pyrrole nitrogens is 1. The Morgan fingerprint density at radius 1 is 0.588 bits per heavy atom. The van der Waals surface area contributed by atoms with Gasteiger partial charge in [0.1, 0.15) is 48.3 Å². The van der Waals surface area contributed by atoms with E-state index in [9.17, 15) is 48.3 Å². The van der Waals surface area contributed by atoms with Crippen molar-refractivity contribution in [3.63, 3.8) is 0 Å². The standard InChI is InChI=1S/C55H71N13O10S2/c1-4-5-18-40(62-32(3)69)48(71)67-45(28-79)53(76)61-31(2)47(70)64-44(26-38-27-58-30-60-38)52(75)65-42(24-33-20-21-34-12-6-7-14-36(34)23-33)50(73)63-41(19-11-22-59-55(56)57)49(72)66-43(51(74)68-46(29-80)54(77)78)25-37-16-10-15-35-13-8-9-17-39(35)37/h6-10,12-17,20-21,23,27,30-31,40-46,79-80H,4-5,11,18-19,22,24-26,28-29H2,1-3H3,(H,58,60)(H,61,76)(H,62,69)(H,63,73)(H,64,70)(H,65,75)(H,66,72)(H,67,71)(H,68,74)(H,77,78)(H4,56,57,59)/t31-,40+,41+,42-,43+,44+,45+,46+/m1/s1. The molecule has 0 saturated carbocycles. The Balaban J connectivity index is 1.44. The van der Waals surface area contributed by atoms with Crippen LogP contribution in [0.5, 0.6) is 0 Å². The molecule has 0 aliphatic carbocycles. The lowest BCUT2D eigenvalue weighted by molar-refractivity contribution is -0.141. The first-order chi connectivity index (χ1) is 38.3. The molecule has 0 fully saturated rings. The summed E-state index contributed by atoms with van der Waals surface area (Å²) in [6.07, 6.45) is 4.16. The van der Waals surface area contributed by atoms with Crippen molar-refractivity contribution in [1.29, 1.82) is 0 Å². The summed E-state index contributed by atoms with van der Waals surface area (Å²) in [6.45, 7) is 4.60. The van der Waals surface area contributed by atoms with E-state index in [0.717, 1.165) is 28.0 Å². The SMILES string of the molecule is CCCC[C@H](NC(C)=O)C(=O)N[C@@H](CS)C(=O)N[C@H](C)C(=O)N[C@@H](Cc1cnc[nH]1)C(=O)N[C@H](Cc1ccc2ccccc2c1)C(=O)N[C@@H](CCCN=C(N)N)C(=O)N[C@@H](Cc1cccc2ccccc12)C(=O)N[C@@H](CS)C(=O)O. The predicted molar refractivity (Wildman–Crippen MR) is 309 cm³/mol. The van der Waals surface area contributed by atoms with Crippen LogP contribution in [-0.4, -0.2) is 141 Å². The molecule has 0 bridgehead atoms. The highest BCUT2D eigenvalue weighted by Gasteiger charge is 2.34. The maximum atomic E-state index is 14.9. The first-order valence-corrected chi connectivity index (χ1v) is 27.4. The highest BCUT2D eigenvalue weighted by atomic mass is 32.1. The number of rotatable bonds is 31. The van der Waals surface area contributed by atoms with Crippen molar-refractivity contribution < 1.29 is 48.3 Å². The minimum atomic E-state index is -1.44. The molecule has 0 spiro atoms. The second-order valence-corrected chi connectivity index (χ2v) is 19.9. The van der Waals surface area contributed by atoms with Gasteiger partial charge in [-0.25, -0.2) is 9.78 Å². The lowest BCUT2D eigenvalue weighted by Crippen LogP contribution is -2.60. The monoisotopic (exact) mass is 1140 g/mol. The largest absolute Gasteiger partial charge is 0.480 e. The van der Waals surface area contributed by atoms with Crippen LogP contribution in [0.1, 0.15) is 69.7 Å². The zero-order valence-corrected chi connectivity index (χ0v) is 46.5. The zero-order chi connectivity index (χ0) is 58.3. The summed E-state index contributed by atoms with van der Waals surface area (Å²) in [4.78, 5) is 134. The summed E-state index contributed by atoms with van der Waals surface area (Å²) in [7, 11) is 0. The molecule has 23 nitrogen and oxygen atoms in total. The van der Waals surface area contributed by atoms with E-state index in [-0.39, 0.29) is 56.1 Å². The molecule has 5 rings (SSSR count). The van der Waals surface area contributed by atoms with Crippen LogP contribution < -0.4 is 54.0 Å². The molecule has 428 valence electrons. The Morgan fingerprint density at radius 3 is 1.73 bits per heavy atom. The van der Waals surface area contributed by atoms with Crippen LogP contribution in [0.4, 0.5) is 0 Å². The number of amides is 8. The minimum Gasteiger partial charge on any atom is -0.480 e. The van der Waals surface area contributed by atoms with Gasteiger partial charge in [0.2, 0.25) is 47.3 Å². The number of hydrogen-bond acceptors (Lipinski definition) is 13. The summed E-state index contributed by atoms with van der Waals surface area (Å²) < 4.78 is 0. The number of fused-ring (bicyclic) bond motifs is 2. The van der Waals surface area contributed by atoms with E-state index in [1.165, 1.54) is 26.4 Å². The second-order valence-electron chi connectivity index (χ2n) is 19.2. The molecule has 80 heavy (non-hydrogen) atoms. The number of carbonyl (C=O) groups excluding carboxylic acids is 8. The number of carbonyl (C=O) groups is 9. The lowest BCUT2D eigenvalue weighted by Gasteiger charge is -2.28. The fourth-order valence-electron chi connectivity index (χ4n) is 8.65. The van der Waals surface area contributed by atoms with Gasteiger partial charge in [-0.1, -0.05) is 105 Å². The Labute approximate surface area is 474 Å². The van der Waals surface area contributed by atoms with Crippen molar-refractivity contribution in [2.45, 2.75) is 120 Å². The molecule has 0 saturated heterocycles. The molecular formula is C55H71N13O10S2. The number of imidazole rings is 1. The van der Waals surface area contributed by atoms with E-state index in [0.29, 0.717) is 29.7 Å². The van der Waals surface area contributed by atoms with Gasteiger partial charge in [0.15, 0.2) is 5.96 Å². The maximum Gasteiger partial charge on any atom is 0.327 e. The Hall–Kier alpha value is -8.19. The molecule has 4 aromatic carbocycles. The Kier molecular flexibility index (Phi) is 24.6. The molecule has 5 aromatic rings. The van der Waals surface area contributed by atoms with Crippen LogP contribution in [0, 0.1) is 0 Å². The van der Waals surface area contributed by atoms with E-state index in [4.69, 9.17) is 11.5 Å². The zero-order valence-electron chi connectivity index (χ0n) is 44.7. The van der Waals surface area contributed by atoms with Gasteiger partial charge < -0.3 is 64.1 Å². The number of nitrogens with zero attached hydrogens (tertiary/aromatic N) is 2. The number of aromatic amines is 1. The molecule has 1 aromatic heterocycles. The first-order valence-electron chi connectivity index (χ1n) is 26.1.